The monoisotopic (exact) mass is 440 g/mol. The molecular formula is C23H24N2O5S. The molecule has 3 amide bonds. The molecule has 2 aliphatic rings. The zero-order valence-electron chi connectivity index (χ0n) is 17.3. The molecule has 2 heterocycles. The number of carbonyl (C=O) groups excluding carboxylic acids is 3. The summed E-state index contributed by atoms with van der Waals surface area (Å²) in [6.07, 6.45) is 3.56. The van der Waals surface area contributed by atoms with E-state index in [9.17, 15) is 14.4 Å². The molecule has 31 heavy (non-hydrogen) atoms. The summed E-state index contributed by atoms with van der Waals surface area (Å²) in [4.78, 5) is 38.9. The van der Waals surface area contributed by atoms with E-state index in [1.807, 2.05) is 43.3 Å². The highest BCUT2D eigenvalue weighted by atomic mass is 32.2. The van der Waals surface area contributed by atoms with E-state index < -0.39 is 11.1 Å². The van der Waals surface area contributed by atoms with Gasteiger partial charge in [-0.15, -0.1) is 0 Å². The highest BCUT2D eigenvalue weighted by Crippen LogP contribution is 2.36. The molecule has 0 saturated carbocycles. The maximum atomic E-state index is 12.9. The molecule has 2 aromatic carbocycles. The van der Waals surface area contributed by atoms with Crippen molar-refractivity contribution in [3.05, 3.63) is 46.9 Å². The fraction of sp³-hybridized carbons (Fsp3) is 0.348. The van der Waals surface area contributed by atoms with Crippen molar-refractivity contribution in [2.75, 3.05) is 26.3 Å². The van der Waals surface area contributed by atoms with E-state index in [2.05, 4.69) is 5.32 Å². The van der Waals surface area contributed by atoms with Gasteiger partial charge < -0.3 is 14.8 Å². The van der Waals surface area contributed by atoms with Gasteiger partial charge in [0, 0.05) is 18.7 Å². The molecule has 0 radical (unpaired) electrons. The zero-order chi connectivity index (χ0) is 21.8. The van der Waals surface area contributed by atoms with Crippen molar-refractivity contribution in [2.45, 2.75) is 25.9 Å². The molecule has 7 nitrogen and oxygen atoms in total. The fourth-order valence-corrected chi connectivity index (χ4v) is 4.53. The predicted molar refractivity (Wildman–Crippen MR) is 120 cm³/mol. The van der Waals surface area contributed by atoms with Crippen LogP contribution in [0.2, 0.25) is 0 Å². The molecule has 0 aliphatic carbocycles. The van der Waals surface area contributed by atoms with Crippen molar-refractivity contribution in [3.63, 3.8) is 0 Å². The quantitative estimate of drug-likeness (QED) is 0.663. The van der Waals surface area contributed by atoms with Crippen molar-refractivity contribution in [2.24, 2.45) is 0 Å². The van der Waals surface area contributed by atoms with Crippen LogP contribution in [-0.2, 0) is 14.3 Å². The number of rotatable bonds is 7. The Morgan fingerprint density at radius 3 is 2.90 bits per heavy atom. The number of hydrogen-bond acceptors (Lipinski definition) is 6. The van der Waals surface area contributed by atoms with Gasteiger partial charge in [-0.25, -0.2) is 0 Å². The summed E-state index contributed by atoms with van der Waals surface area (Å²) in [5.41, 5.74) is 0.744. The van der Waals surface area contributed by atoms with Crippen molar-refractivity contribution < 1.29 is 23.9 Å². The SMILES string of the molecule is CCOc1ccc2ccccc2c1/C=C1\SC(=O)N(CC(=O)NC[C@@H]2CCCO2)C1=O. The van der Waals surface area contributed by atoms with Gasteiger partial charge >= 0.3 is 0 Å². The lowest BCUT2D eigenvalue weighted by Crippen LogP contribution is -2.41. The van der Waals surface area contributed by atoms with Crippen LogP contribution in [0.25, 0.3) is 16.8 Å². The number of nitrogens with one attached hydrogen (secondary N) is 1. The minimum absolute atomic E-state index is 0.00195. The molecule has 162 valence electrons. The molecule has 0 unspecified atom stereocenters. The summed E-state index contributed by atoms with van der Waals surface area (Å²) in [5.74, 6) is -0.209. The largest absolute Gasteiger partial charge is 0.493 e. The van der Waals surface area contributed by atoms with E-state index in [-0.39, 0.29) is 23.5 Å². The van der Waals surface area contributed by atoms with E-state index in [0.717, 1.165) is 45.8 Å². The van der Waals surface area contributed by atoms with Crippen LogP contribution in [0.3, 0.4) is 0 Å². The third-order valence-corrected chi connectivity index (χ3v) is 6.14. The molecule has 4 rings (SSSR count). The number of imide groups is 1. The van der Waals surface area contributed by atoms with Gasteiger partial charge in [-0.05, 0) is 54.4 Å². The number of benzene rings is 2. The Labute approximate surface area is 184 Å². The van der Waals surface area contributed by atoms with Crippen LogP contribution in [-0.4, -0.2) is 54.4 Å². The lowest BCUT2D eigenvalue weighted by molar-refractivity contribution is -0.129. The Kier molecular flexibility index (Phi) is 6.58. The molecule has 0 spiro atoms. The smallest absolute Gasteiger partial charge is 0.294 e. The number of fused-ring (bicyclic) bond motifs is 1. The summed E-state index contributed by atoms with van der Waals surface area (Å²) >= 11 is 0.836. The summed E-state index contributed by atoms with van der Waals surface area (Å²) in [7, 11) is 0. The molecule has 2 aliphatic heterocycles. The zero-order valence-corrected chi connectivity index (χ0v) is 18.1. The van der Waals surface area contributed by atoms with E-state index in [1.165, 1.54) is 0 Å². The number of thioether (sulfide) groups is 1. The highest BCUT2D eigenvalue weighted by Gasteiger charge is 2.36. The first-order chi connectivity index (χ1) is 15.1. The minimum atomic E-state index is -0.474. The predicted octanol–water partition coefficient (Wildman–Crippen LogP) is 3.57. The average molecular weight is 441 g/mol. The molecule has 0 aromatic heterocycles. The van der Waals surface area contributed by atoms with Gasteiger partial charge in [0.25, 0.3) is 11.1 Å². The van der Waals surface area contributed by atoms with E-state index in [1.54, 1.807) is 6.08 Å². The number of nitrogens with zero attached hydrogens (tertiary/aromatic N) is 1. The van der Waals surface area contributed by atoms with E-state index >= 15 is 0 Å². The lowest BCUT2D eigenvalue weighted by Gasteiger charge is -2.14. The van der Waals surface area contributed by atoms with Crippen LogP contribution in [0.5, 0.6) is 5.75 Å². The maximum Gasteiger partial charge on any atom is 0.294 e. The Bertz CT molecular complexity index is 1050. The second-order valence-electron chi connectivity index (χ2n) is 7.34. The van der Waals surface area contributed by atoms with Gasteiger partial charge in [-0.3, -0.25) is 19.3 Å². The third-order valence-electron chi connectivity index (χ3n) is 5.23. The first-order valence-electron chi connectivity index (χ1n) is 10.3. The fourth-order valence-electron chi connectivity index (χ4n) is 3.71. The number of hydrogen-bond donors (Lipinski definition) is 1. The van der Waals surface area contributed by atoms with Crippen molar-refractivity contribution in [1.29, 1.82) is 0 Å². The standard InChI is InChI=1S/C23H24N2O5S/c1-2-29-19-10-9-15-6-3-4-8-17(15)18(19)12-20-22(27)25(23(28)31-20)14-21(26)24-13-16-7-5-11-30-16/h3-4,6,8-10,12,16H,2,5,7,11,13-14H2,1H3,(H,24,26)/b20-12-/t16-/m0/s1. The molecule has 1 atom stereocenters. The second kappa shape index (κ2) is 9.53. The van der Waals surface area contributed by atoms with Gasteiger partial charge in [0.15, 0.2) is 0 Å². The summed E-state index contributed by atoms with van der Waals surface area (Å²) in [6, 6.07) is 11.6. The van der Waals surface area contributed by atoms with Crippen LogP contribution in [0.4, 0.5) is 4.79 Å². The van der Waals surface area contributed by atoms with Crippen LogP contribution in [0.15, 0.2) is 41.3 Å². The van der Waals surface area contributed by atoms with Gasteiger partial charge in [0.1, 0.15) is 12.3 Å². The summed E-state index contributed by atoms with van der Waals surface area (Å²) < 4.78 is 11.2. The maximum absolute atomic E-state index is 12.9. The summed E-state index contributed by atoms with van der Waals surface area (Å²) in [6.45, 7) is 3.15. The highest BCUT2D eigenvalue weighted by molar-refractivity contribution is 8.18. The summed E-state index contributed by atoms with van der Waals surface area (Å²) in [5, 5.41) is 4.22. The van der Waals surface area contributed by atoms with Crippen molar-refractivity contribution >= 4 is 45.7 Å². The van der Waals surface area contributed by atoms with Gasteiger partial charge in [-0.1, -0.05) is 30.3 Å². The van der Waals surface area contributed by atoms with Gasteiger partial charge in [0.05, 0.1) is 17.6 Å². The molecule has 2 saturated heterocycles. The minimum Gasteiger partial charge on any atom is -0.493 e. The van der Waals surface area contributed by atoms with Crippen LogP contribution >= 0.6 is 11.8 Å². The normalized spacial score (nSPS) is 20.1. The first kappa shape index (κ1) is 21.4. The Balaban J connectivity index is 1.53. The van der Waals surface area contributed by atoms with Crippen LogP contribution in [0.1, 0.15) is 25.3 Å². The second-order valence-corrected chi connectivity index (χ2v) is 8.33. The van der Waals surface area contributed by atoms with E-state index in [0.29, 0.717) is 25.5 Å². The Hall–Kier alpha value is -2.84. The third kappa shape index (κ3) is 4.75. The van der Waals surface area contributed by atoms with Crippen molar-refractivity contribution in [1.82, 2.24) is 10.2 Å². The molecule has 2 fully saturated rings. The number of ether oxygens (including phenoxy) is 2. The Morgan fingerprint density at radius 2 is 2.13 bits per heavy atom. The average Bonchev–Trinajstić information content (AvgIpc) is 3.38. The van der Waals surface area contributed by atoms with Crippen LogP contribution in [0, 0.1) is 0 Å². The molecule has 2 aromatic rings. The number of carbonyl (C=O) groups is 3. The van der Waals surface area contributed by atoms with Gasteiger partial charge in [0.2, 0.25) is 5.91 Å². The molecular weight excluding hydrogens is 416 g/mol. The van der Waals surface area contributed by atoms with Crippen LogP contribution < -0.4 is 10.1 Å². The lowest BCUT2D eigenvalue weighted by atomic mass is 10.0. The first-order valence-corrected chi connectivity index (χ1v) is 11.2. The molecule has 8 heteroatoms. The molecule has 0 bridgehead atoms. The topological polar surface area (TPSA) is 84.9 Å². The Morgan fingerprint density at radius 1 is 1.29 bits per heavy atom. The van der Waals surface area contributed by atoms with Gasteiger partial charge in [-0.2, -0.15) is 0 Å². The number of amides is 3. The van der Waals surface area contributed by atoms with E-state index in [4.69, 9.17) is 9.47 Å². The van der Waals surface area contributed by atoms with Crippen molar-refractivity contribution in [3.8, 4) is 5.75 Å². The molecule has 1 N–H and O–H groups in total.